The second-order valence-corrected chi connectivity index (χ2v) is 3.75. The van der Waals surface area contributed by atoms with Gasteiger partial charge in [0.1, 0.15) is 24.0 Å². The first kappa shape index (κ1) is 11.6. The van der Waals surface area contributed by atoms with Crippen LogP contribution in [0.5, 0.6) is 5.75 Å². The van der Waals surface area contributed by atoms with Crippen LogP contribution in [0.3, 0.4) is 0 Å². The molecule has 0 aliphatic carbocycles. The van der Waals surface area contributed by atoms with E-state index in [4.69, 9.17) is 10.5 Å². The fraction of sp³-hybridized carbons (Fsp3) is 0.333. The first-order chi connectivity index (χ1) is 8.20. The first-order valence-electron chi connectivity index (χ1n) is 5.54. The maximum absolute atomic E-state index is 5.48. The number of benzene rings is 1. The summed E-state index contributed by atoms with van der Waals surface area (Å²) in [6.07, 6.45) is 0. The van der Waals surface area contributed by atoms with Gasteiger partial charge < -0.3 is 10.5 Å². The van der Waals surface area contributed by atoms with Gasteiger partial charge in [-0.1, -0.05) is 6.07 Å². The predicted octanol–water partition coefficient (Wildman–Crippen LogP) is 1.22. The third-order valence-corrected chi connectivity index (χ3v) is 2.32. The molecule has 0 atom stereocenters. The highest BCUT2D eigenvalue weighted by Gasteiger charge is 2.05. The molecule has 0 saturated carbocycles. The fourth-order valence-electron chi connectivity index (χ4n) is 1.65. The Morgan fingerprint density at radius 1 is 1.35 bits per heavy atom. The standard InChI is InChI=1S/C12H16N4O/c1-9-14-10(2)16(15-9)11-4-3-5-12(8-11)17-7-6-13/h3-5,8H,6-7,13H2,1-2H3. The molecule has 2 rings (SSSR count). The van der Waals surface area contributed by atoms with Crippen LogP contribution in [0.25, 0.3) is 5.69 Å². The topological polar surface area (TPSA) is 66.0 Å². The number of hydrogen-bond donors (Lipinski definition) is 1. The summed E-state index contributed by atoms with van der Waals surface area (Å²) in [5, 5.41) is 4.33. The minimum atomic E-state index is 0.506. The van der Waals surface area contributed by atoms with E-state index in [2.05, 4.69) is 10.1 Å². The summed E-state index contributed by atoms with van der Waals surface area (Å²) < 4.78 is 7.27. The van der Waals surface area contributed by atoms with Crippen molar-refractivity contribution >= 4 is 0 Å². The van der Waals surface area contributed by atoms with Crippen molar-refractivity contribution in [2.45, 2.75) is 13.8 Å². The average molecular weight is 232 g/mol. The van der Waals surface area contributed by atoms with Gasteiger partial charge in [0.2, 0.25) is 0 Å². The molecule has 0 spiro atoms. The highest BCUT2D eigenvalue weighted by Crippen LogP contribution is 2.17. The fourth-order valence-corrected chi connectivity index (χ4v) is 1.65. The number of aromatic nitrogens is 3. The summed E-state index contributed by atoms with van der Waals surface area (Å²) >= 11 is 0. The third-order valence-electron chi connectivity index (χ3n) is 2.32. The first-order valence-corrected chi connectivity index (χ1v) is 5.54. The zero-order chi connectivity index (χ0) is 12.3. The Kier molecular flexibility index (Phi) is 3.39. The molecule has 1 aromatic heterocycles. The molecule has 0 fully saturated rings. The van der Waals surface area contributed by atoms with Crippen LogP contribution < -0.4 is 10.5 Å². The van der Waals surface area contributed by atoms with E-state index in [1.54, 1.807) is 4.68 Å². The van der Waals surface area contributed by atoms with Gasteiger partial charge in [0.25, 0.3) is 0 Å². The number of nitrogens with zero attached hydrogens (tertiary/aromatic N) is 3. The normalized spacial score (nSPS) is 10.5. The van der Waals surface area contributed by atoms with Crippen molar-refractivity contribution in [2.75, 3.05) is 13.2 Å². The molecular formula is C12H16N4O. The van der Waals surface area contributed by atoms with Gasteiger partial charge in [0.05, 0.1) is 5.69 Å². The van der Waals surface area contributed by atoms with E-state index in [0.29, 0.717) is 13.2 Å². The van der Waals surface area contributed by atoms with Gasteiger partial charge in [-0.15, -0.1) is 0 Å². The molecule has 90 valence electrons. The van der Waals surface area contributed by atoms with Crippen molar-refractivity contribution in [1.82, 2.24) is 14.8 Å². The van der Waals surface area contributed by atoms with Gasteiger partial charge in [0.15, 0.2) is 0 Å². The lowest BCUT2D eigenvalue weighted by molar-refractivity contribution is 0.328. The highest BCUT2D eigenvalue weighted by molar-refractivity contribution is 5.39. The van der Waals surface area contributed by atoms with E-state index < -0.39 is 0 Å². The highest BCUT2D eigenvalue weighted by atomic mass is 16.5. The molecule has 17 heavy (non-hydrogen) atoms. The van der Waals surface area contributed by atoms with Gasteiger partial charge >= 0.3 is 0 Å². The lowest BCUT2D eigenvalue weighted by Gasteiger charge is -2.07. The number of ether oxygens (including phenoxy) is 1. The van der Waals surface area contributed by atoms with Crippen LogP contribution in [0.1, 0.15) is 11.6 Å². The zero-order valence-electron chi connectivity index (χ0n) is 10.1. The lowest BCUT2D eigenvalue weighted by atomic mass is 10.3. The van der Waals surface area contributed by atoms with Crippen LogP contribution >= 0.6 is 0 Å². The average Bonchev–Trinajstić information content (AvgIpc) is 2.66. The maximum atomic E-state index is 5.48. The summed E-state index contributed by atoms with van der Waals surface area (Å²) in [5.41, 5.74) is 6.34. The van der Waals surface area contributed by atoms with E-state index >= 15 is 0 Å². The molecule has 0 aliphatic heterocycles. The van der Waals surface area contributed by atoms with Crippen LogP contribution in [-0.4, -0.2) is 27.9 Å². The van der Waals surface area contributed by atoms with Gasteiger partial charge in [0, 0.05) is 12.6 Å². The van der Waals surface area contributed by atoms with Gasteiger partial charge in [-0.05, 0) is 26.0 Å². The summed E-state index contributed by atoms with van der Waals surface area (Å²) in [5.74, 6) is 2.41. The van der Waals surface area contributed by atoms with Crippen molar-refractivity contribution in [3.63, 3.8) is 0 Å². The Bertz CT molecular complexity index is 507. The third kappa shape index (κ3) is 2.62. The summed E-state index contributed by atoms with van der Waals surface area (Å²) in [7, 11) is 0. The molecule has 0 amide bonds. The Morgan fingerprint density at radius 2 is 2.18 bits per heavy atom. The van der Waals surface area contributed by atoms with Gasteiger partial charge in [-0.2, -0.15) is 5.10 Å². The summed E-state index contributed by atoms with van der Waals surface area (Å²) in [6.45, 7) is 4.82. The predicted molar refractivity (Wildman–Crippen MR) is 65.4 cm³/mol. The van der Waals surface area contributed by atoms with Crippen LogP contribution in [0.4, 0.5) is 0 Å². The molecule has 2 aromatic rings. The van der Waals surface area contributed by atoms with Crippen molar-refractivity contribution in [3.05, 3.63) is 35.9 Å². The summed E-state index contributed by atoms with van der Waals surface area (Å²) in [6, 6.07) is 7.73. The largest absolute Gasteiger partial charge is 0.492 e. The maximum Gasteiger partial charge on any atom is 0.148 e. The monoisotopic (exact) mass is 232 g/mol. The molecule has 5 heteroatoms. The van der Waals surface area contributed by atoms with Crippen molar-refractivity contribution < 1.29 is 4.74 Å². The van der Waals surface area contributed by atoms with Crippen molar-refractivity contribution in [3.8, 4) is 11.4 Å². The summed E-state index contributed by atoms with van der Waals surface area (Å²) in [4.78, 5) is 4.27. The zero-order valence-corrected chi connectivity index (χ0v) is 10.1. The van der Waals surface area contributed by atoms with E-state index in [1.165, 1.54) is 0 Å². The molecule has 5 nitrogen and oxygen atoms in total. The molecule has 0 unspecified atom stereocenters. The Balaban J connectivity index is 2.29. The molecule has 1 heterocycles. The van der Waals surface area contributed by atoms with Crippen LogP contribution in [0.15, 0.2) is 24.3 Å². The smallest absolute Gasteiger partial charge is 0.148 e. The number of hydrogen-bond acceptors (Lipinski definition) is 4. The molecule has 0 aliphatic rings. The van der Waals surface area contributed by atoms with E-state index in [-0.39, 0.29) is 0 Å². The quantitative estimate of drug-likeness (QED) is 0.860. The van der Waals surface area contributed by atoms with Crippen molar-refractivity contribution in [2.24, 2.45) is 5.73 Å². The van der Waals surface area contributed by atoms with Gasteiger partial charge in [-0.25, -0.2) is 9.67 Å². The number of nitrogens with two attached hydrogens (primary N) is 1. The number of aryl methyl sites for hydroxylation is 2. The molecular weight excluding hydrogens is 216 g/mol. The van der Waals surface area contributed by atoms with E-state index in [0.717, 1.165) is 23.1 Å². The van der Waals surface area contributed by atoms with Gasteiger partial charge in [-0.3, -0.25) is 0 Å². The number of rotatable bonds is 4. The minimum Gasteiger partial charge on any atom is -0.492 e. The lowest BCUT2D eigenvalue weighted by Crippen LogP contribution is -2.10. The Morgan fingerprint density at radius 3 is 2.82 bits per heavy atom. The minimum absolute atomic E-state index is 0.506. The molecule has 1 aromatic carbocycles. The molecule has 0 radical (unpaired) electrons. The van der Waals surface area contributed by atoms with Crippen LogP contribution in [0, 0.1) is 13.8 Å². The second kappa shape index (κ2) is 4.97. The van der Waals surface area contributed by atoms with E-state index in [1.807, 2.05) is 38.1 Å². The Hall–Kier alpha value is -1.88. The molecule has 0 bridgehead atoms. The molecule has 2 N–H and O–H groups in total. The SMILES string of the molecule is Cc1nc(C)n(-c2cccc(OCCN)c2)n1. The second-order valence-electron chi connectivity index (χ2n) is 3.75. The van der Waals surface area contributed by atoms with Crippen molar-refractivity contribution in [1.29, 1.82) is 0 Å². The molecule has 0 saturated heterocycles. The van der Waals surface area contributed by atoms with Crippen LogP contribution in [-0.2, 0) is 0 Å². The van der Waals surface area contributed by atoms with Crippen LogP contribution in [0.2, 0.25) is 0 Å². The van der Waals surface area contributed by atoms with E-state index in [9.17, 15) is 0 Å². The Labute approximate surface area is 100 Å².